The highest BCUT2D eigenvalue weighted by molar-refractivity contribution is 7.89. The quantitative estimate of drug-likeness (QED) is 0.741. The third-order valence-corrected chi connectivity index (χ3v) is 5.04. The molecular weight excluding hydrogens is 380 g/mol. The van der Waals surface area contributed by atoms with Gasteiger partial charge >= 0.3 is 0 Å². The molecule has 2 aromatic carbocycles. The summed E-state index contributed by atoms with van der Waals surface area (Å²) in [6.45, 7) is 0.349. The fourth-order valence-corrected chi connectivity index (χ4v) is 3.39. The van der Waals surface area contributed by atoms with Crippen molar-refractivity contribution in [1.82, 2.24) is 5.32 Å². The van der Waals surface area contributed by atoms with Crippen molar-refractivity contribution in [2.24, 2.45) is 5.14 Å². The second-order valence-corrected chi connectivity index (χ2v) is 7.32. The first kappa shape index (κ1) is 20.0. The Balaban J connectivity index is 2.04. The van der Waals surface area contributed by atoms with Crippen molar-refractivity contribution in [1.29, 1.82) is 0 Å². The second kappa shape index (κ2) is 8.39. The molecule has 0 saturated carbocycles. The van der Waals surface area contributed by atoms with Gasteiger partial charge in [-0.25, -0.2) is 13.6 Å². The Morgan fingerprint density at radius 3 is 2.42 bits per heavy atom. The van der Waals surface area contributed by atoms with E-state index < -0.39 is 15.9 Å². The van der Waals surface area contributed by atoms with E-state index in [1.54, 1.807) is 20.3 Å². The SMILES string of the molecule is COc1ccc(CCNC(=O)c2ccc(Cl)c(S(N)(=O)=O)c2)cc1OC. The number of amides is 1. The average molecular weight is 399 g/mol. The van der Waals surface area contributed by atoms with Crippen LogP contribution in [-0.2, 0) is 16.4 Å². The van der Waals surface area contributed by atoms with Gasteiger partial charge < -0.3 is 14.8 Å². The molecule has 0 atom stereocenters. The lowest BCUT2D eigenvalue weighted by atomic mass is 10.1. The third-order valence-electron chi connectivity index (χ3n) is 3.65. The van der Waals surface area contributed by atoms with Crippen LogP contribution in [0.5, 0.6) is 11.5 Å². The van der Waals surface area contributed by atoms with E-state index >= 15 is 0 Å². The summed E-state index contributed by atoms with van der Waals surface area (Å²) in [5, 5.41) is 7.78. The molecule has 3 N–H and O–H groups in total. The lowest BCUT2D eigenvalue weighted by molar-refractivity contribution is 0.0954. The summed E-state index contributed by atoms with van der Waals surface area (Å²) < 4.78 is 33.4. The summed E-state index contributed by atoms with van der Waals surface area (Å²) in [7, 11) is -0.901. The van der Waals surface area contributed by atoms with E-state index in [9.17, 15) is 13.2 Å². The minimum atomic E-state index is -4.01. The van der Waals surface area contributed by atoms with Gasteiger partial charge in [-0.15, -0.1) is 0 Å². The van der Waals surface area contributed by atoms with Crippen LogP contribution >= 0.6 is 11.6 Å². The molecule has 0 spiro atoms. The Bertz CT molecular complexity index is 915. The number of hydrogen-bond acceptors (Lipinski definition) is 5. The average Bonchev–Trinajstić information content (AvgIpc) is 2.60. The number of primary sulfonamides is 1. The van der Waals surface area contributed by atoms with E-state index in [1.807, 2.05) is 12.1 Å². The molecule has 0 aliphatic carbocycles. The van der Waals surface area contributed by atoms with E-state index in [1.165, 1.54) is 12.1 Å². The maximum atomic E-state index is 12.2. The van der Waals surface area contributed by atoms with Crippen LogP contribution in [0.1, 0.15) is 15.9 Å². The van der Waals surface area contributed by atoms with Crippen LogP contribution in [0.25, 0.3) is 0 Å². The highest BCUT2D eigenvalue weighted by Gasteiger charge is 2.16. The first-order valence-corrected chi connectivity index (χ1v) is 9.50. The van der Waals surface area contributed by atoms with Gasteiger partial charge in [-0.3, -0.25) is 4.79 Å². The number of benzene rings is 2. The molecule has 7 nitrogen and oxygen atoms in total. The van der Waals surface area contributed by atoms with Crippen molar-refractivity contribution in [3.63, 3.8) is 0 Å². The van der Waals surface area contributed by atoms with Crippen LogP contribution in [0.2, 0.25) is 5.02 Å². The molecule has 9 heteroatoms. The molecule has 2 rings (SSSR count). The Labute approximate surface area is 157 Å². The molecule has 2 aromatic rings. The van der Waals surface area contributed by atoms with E-state index in [0.29, 0.717) is 24.5 Å². The number of sulfonamides is 1. The minimum absolute atomic E-state index is 0.0330. The van der Waals surface area contributed by atoms with Crippen LogP contribution in [0.3, 0.4) is 0 Å². The predicted molar refractivity (Wildman–Crippen MR) is 98.4 cm³/mol. The van der Waals surface area contributed by atoms with Crippen molar-refractivity contribution in [2.45, 2.75) is 11.3 Å². The third kappa shape index (κ3) is 4.87. The Hall–Kier alpha value is -2.29. The topological polar surface area (TPSA) is 108 Å². The zero-order valence-electron chi connectivity index (χ0n) is 14.3. The van der Waals surface area contributed by atoms with Gasteiger partial charge in [0, 0.05) is 12.1 Å². The van der Waals surface area contributed by atoms with Crippen LogP contribution in [-0.4, -0.2) is 35.1 Å². The number of methoxy groups -OCH3 is 2. The van der Waals surface area contributed by atoms with Gasteiger partial charge in [0.25, 0.3) is 5.91 Å². The number of rotatable bonds is 7. The van der Waals surface area contributed by atoms with Gasteiger partial charge in [0.2, 0.25) is 10.0 Å². The summed E-state index contributed by atoms with van der Waals surface area (Å²) >= 11 is 5.81. The summed E-state index contributed by atoms with van der Waals surface area (Å²) in [4.78, 5) is 11.9. The highest BCUT2D eigenvalue weighted by Crippen LogP contribution is 2.27. The van der Waals surface area contributed by atoms with Crippen LogP contribution < -0.4 is 19.9 Å². The first-order chi connectivity index (χ1) is 12.3. The number of hydrogen-bond donors (Lipinski definition) is 2. The smallest absolute Gasteiger partial charge is 0.251 e. The number of ether oxygens (including phenoxy) is 2. The van der Waals surface area contributed by atoms with Gasteiger partial charge in [-0.2, -0.15) is 0 Å². The number of halogens is 1. The van der Waals surface area contributed by atoms with Crippen molar-refractivity contribution < 1.29 is 22.7 Å². The van der Waals surface area contributed by atoms with Crippen molar-refractivity contribution in [3.8, 4) is 11.5 Å². The molecule has 0 aliphatic heterocycles. The summed E-state index contributed by atoms with van der Waals surface area (Å²) in [6, 6.07) is 9.39. The minimum Gasteiger partial charge on any atom is -0.493 e. The number of carbonyl (C=O) groups is 1. The lowest BCUT2D eigenvalue weighted by Gasteiger charge is -2.10. The van der Waals surface area contributed by atoms with Gasteiger partial charge in [0.1, 0.15) is 4.90 Å². The highest BCUT2D eigenvalue weighted by atomic mass is 35.5. The fraction of sp³-hybridized carbons (Fsp3) is 0.235. The van der Waals surface area contributed by atoms with E-state index in [2.05, 4.69) is 5.32 Å². The zero-order valence-corrected chi connectivity index (χ0v) is 15.9. The fourth-order valence-electron chi connectivity index (χ4n) is 2.32. The maximum absolute atomic E-state index is 12.2. The normalized spacial score (nSPS) is 11.1. The lowest BCUT2D eigenvalue weighted by Crippen LogP contribution is -2.26. The number of nitrogens with two attached hydrogens (primary N) is 1. The number of carbonyl (C=O) groups excluding carboxylic acids is 1. The molecule has 0 unspecified atom stereocenters. The molecular formula is C17H19ClN2O5S. The summed E-state index contributed by atoms with van der Waals surface area (Å²) in [6.07, 6.45) is 0.557. The largest absolute Gasteiger partial charge is 0.493 e. The molecule has 26 heavy (non-hydrogen) atoms. The standard InChI is InChI=1S/C17H19ClN2O5S/c1-24-14-6-3-11(9-15(14)25-2)7-8-20-17(21)12-4-5-13(18)16(10-12)26(19,22)23/h3-6,9-10H,7-8H2,1-2H3,(H,20,21)(H2,19,22,23). The predicted octanol–water partition coefficient (Wildman–Crippen LogP) is 1.98. The first-order valence-electron chi connectivity index (χ1n) is 7.57. The summed E-state index contributed by atoms with van der Waals surface area (Å²) in [5.41, 5.74) is 1.11. The van der Waals surface area contributed by atoms with Crippen molar-refractivity contribution >= 4 is 27.5 Å². The van der Waals surface area contributed by atoms with Crippen LogP contribution in [0, 0.1) is 0 Å². The van der Waals surface area contributed by atoms with E-state index in [-0.39, 0.29) is 15.5 Å². The van der Waals surface area contributed by atoms with Crippen LogP contribution in [0.15, 0.2) is 41.3 Å². The van der Waals surface area contributed by atoms with Gasteiger partial charge in [-0.1, -0.05) is 17.7 Å². The van der Waals surface area contributed by atoms with Crippen LogP contribution in [0.4, 0.5) is 0 Å². The van der Waals surface area contributed by atoms with Gasteiger partial charge in [0.15, 0.2) is 11.5 Å². The molecule has 0 fully saturated rings. The summed E-state index contributed by atoms with van der Waals surface area (Å²) in [5.74, 6) is 0.802. The second-order valence-electron chi connectivity index (χ2n) is 5.39. The van der Waals surface area contributed by atoms with E-state index in [4.69, 9.17) is 26.2 Å². The van der Waals surface area contributed by atoms with Gasteiger partial charge in [0.05, 0.1) is 19.2 Å². The molecule has 0 bridgehead atoms. The molecule has 0 saturated heterocycles. The number of nitrogens with one attached hydrogen (secondary N) is 1. The van der Waals surface area contributed by atoms with Crippen molar-refractivity contribution in [2.75, 3.05) is 20.8 Å². The molecule has 0 aromatic heterocycles. The molecule has 0 heterocycles. The van der Waals surface area contributed by atoms with Crippen molar-refractivity contribution in [3.05, 3.63) is 52.5 Å². The monoisotopic (exact) mass is 398 g/mol. The van der Waals surface area contributed by atoms with Gasteiger partial charge in [-0.05, 0) is 42.3 Å². The Kier molecular flexibility index (Phi) is 6.47. The zero-order chi connectivity index (χ0) is 19.3. The Morgan fingerprint density at radius 1 is 1.12 bits per heavy atom. The molecule has 1 amide bonds. The molecule has 0 aliphatic rings. The molecule has 140 valence electrons. The Morgan fingerprint density at radius 2 is 1.81 bits per heavy atom. The maximum Gasteiger partial charge on any atom is 0.251 e. The molecule has 0 radical (unpaired) electrons. The van der Waals surface area contributed by atoms with E-state index in [0.717, 1.165) is 11.6 Å².